The van der Waals surface area contributed by atoms with Crippen LogP contribution in [0.4, 0.5) is 11.4 Å². The number of nitro benzene ring substituents is 1. The van der Waals surface area contributed by atoms with Gasteiger partial charge in [-0.25, -0.2) is 4.79 Å². The molecular weight excluding hydrogens is 382 g/mol. The number of carbonyl (C=O) groups excluding carboxylic acids is 2. The van der Waals surface area contributed by atoms with Crippen molar-refractivity contribution in [1.82, 2.24) is 0 Å². The van der Waals surface area contributed by atoms with Gasteiger partial charge in [0.05, 0.1) is 36.8 Å². The Kier molecular flexibility index (Phi) is 6.71. The Labute approximate surface area is 165 Å². The van der Waals surface area contributed by atoms with Gasteiger partial charge in [-0.05, 0) is 25.1 Å². The highest BCUT2D eigenvalue weighted by Crippen LogP contribution is 2.35. The van der Waals surface area contributed by atoms with Crippen molar-refractivity contribution in [3.8, 4) is 17.6 Å². The third-order valence-electron chi connectivity index (χ3n) is 3.83. The molecule has 0 unspecified atom stereocenters. The SMILES string of the molecule is COc1cc(C(=O)O[C@@H](C)C(=O)Nc2cccc(C#N)c2)c([N+](=O)[O-])cc1OC. The van der Waals surface area contributed by atoms with Crippen LogP contribution in [-0.4, -0.2) is 37.1 Å². The van der Waals surface area contributed by atoms with Gasteiger partial charge in [-0.15, -0.1) is 0 Å². The van der Waals surface area contributed by atoms with E-state index in [1.807, 2.05) is 6.07 Å². The van der Waals surface area contributed by atoms with Gasteiger partial charge in [-0.1, -0.05) is 6.07 Å². The molecule has 10 heteroatoms. The summed E-state index contributed by atoms with van der Waals surface area (Å²) in [6.45, 7) is 1.31. The topological polar surface area (TPSA) is 141 Å². The maximum absolute atomic E-state index is 12.5. The number of anilines is 1. The van der Waals surface area contributed by atoms with Gasteiger partial charge in [-0.3, -0.25) is 14.9 Å². The highest BCUT2D eigenvalue weighted by atomic mass is 16.6. The molecule has 0 saturated carbocycles. The number of nitro groups is 1. The fraction of sp³-hybridized carbons (Fsp3) is 0.211. The fourth-order valence-corrected chi connectivity index (χ4v) is 2.37. The van der Waals surface area contributed by atoms with E-state index >= 15 is 0 Å². The Morgan fingerprint density at radius 3 is 2.41 bits per heavy atom. The summed E-state index contributed by atoms with van der Waals surface area (Å²) < 4.78 is 15.1. The minimum Gasteiger partial charge on any atom is -0.493 e. The summed E-state index contributed by atoms with van der Waals surface area (Å²) in [5, 5.41) is 22.7. The highest BCUT2D eigenvalue weighted by molar-refractivity contribution is 5.99. The minimum absolute atomic E-state index is 0.0684. The molecule has 0 aliphatic rings. The number of hydrogen-bond donors (Lipinski definition) is 1. The van der Waals surface area contributed by atoms with Crippen LogP contribution in [0.25, 0.3) is 0 Å². The van der Waals surface area contributed by atoms with Crippen LogP contribution in [0.2, 0.25) is 0 Å². The van der Waals surface area contributed by atoms with Crippen LogP contribution in [0.5, 0.6) is 11.5 Å². The first-order valence-electron chi connectivity index (χ1n) is 8.23. The van der Waals surface area contributed by atoms with Crippen LogP contribution < -0.4 is 14.8 Å². The monoisotopic (exact) mass is 399 g/mol. The van der Waals surface area contributed by atoms with Gasteiger partial charge in [0.1, 0.15) is 5.56 Å². The van der Waals surface area contributed by atoms with Gasteiger partial charge in [0.25, 0.3) is 11.6 Å². The molecular formula is C19H17N3O7. The van der Waals surface area contributed by atoms with Gasteiger partial charge < -0.3 is 19.5 Å². The number of ether oxygens (including phenoxy) is 3. The lowest BCUT2D eigenvalue weighted by Crippen LogP contribution is -2.30. The quantitative estimate of drug-likeness (QED) is 0.425. The Morgan fingerprint density at radius 2 is 1.83 bits per heavy atom. The van der Waals surface area contributed by atoms with Crippen molar-refractivity contribution in [1.29, 1.82) is 5.26 Å². The second-order valence-corrected chi connectivity index (χ2v) is 5.71. The molecule has 0 aliphatic heterocycles. The molecule has 2 aromatic carbocycles. The molecule has 0 saturated heterocycles. The van der Waals surface area contributed by atoms with Crippen molar-refractivity contribution < 1.29 is 28.7 Å². The molecule has 1 atom stereocenters. The number of nitriles is 1. The molecule has 0 aromatic heterocycles. The summed E-state index contributed by atoms with van der Waals surface area (Å²) in [4.78, 5) is 35.3. The van der Waals surface area contributed by atoms with E-state index in [1.165, 1.54) is 27.2 Å². The number of amides is 1. The summed E-state index contributed by atoms with van der Waals surface area (Å²) in [6, 6.07) is 10.2. The third kappa shape index (κ3) is 4.98. The molecule has 1 amide bonds. The largest absolute Gasteiger partial charge is 0.493 e. The van der Waals surface area contributed by atoms with Crippen molar-refractivity contribution in [2.75, 3.05) is 19.5 Å². The van der Waals surface area contributed by atoms with Crippen molar-refractivity contribution in [2.45, 2.75) is 13.0 Å². The maximum atomic E-state index is 12.5. The standard InChI is InChI=1S/C19H17N3O7/c1-11(18(23)21-13-6-4-5-12(7-13)10-20)29-19(24)14-8-16(27-2)17(28-3)9-15(14)22(25)26/h4-9,11H,1-3H3,(H,21,23)/t11-/m0/s1. The number of nitrogens with one attached hydrogen (secondary N) is 1. The van der Waals surface area contributed by atoms with Crippen LogP contribution in [0.15, 0.2) is 36.4 Å². The van der Waals surface area contributed by atoms with E-state index in [2.05, 4.69) is 5.32 Å². The van der Waals surface area contributed by atoms with E-state index in [4.69, 9.17) is 19.5 Å². The molecule has 1 N–H and O–H groups in total. The van der Waals surface area contributed by atoms with E-state index in [0.29, 0.717) is 11.3 Å². The van der Waals surface area contributed by atoms with Gasteiger partial charge in [0.15, 0.2) is 17.6 Å². The number of benzene rings is 2. The van der Waals surface area contributed by atoms with Crippen LogP contribution >= 0.6 is 0 Å². The Morgan fingerprint density at radius 1 is 1.17 bits per heavy atom. The minimum atomic E-state index is -1.26. The maximum Gasteiger partial charge on any atom is 0.346 e. The first kappa shape index (κ1) is 21.2. The Balaban J connectivity index is 2.21. The van der Waals surface area contributed by atoms with E-state index < -0.39 is 34.2 Å². The zero-order valence-corrected chi connectivity index (χ0v) is 15.8. The molecule has 0 heterocycles. The summed E-state index contributed by atoms with van der Waals surface area (Å²) in [5.41, 5.74) is -0.261. The van der Waals surface area contributed by atoms with E-state index in [0.717, 1.165) is 12.1 Å². The zero-order chi connectivity index (χ0) is 21.6. The summed E-state index contributed by atoms with van der Waals surface area (Å²) in [7, 11) is 2.61. The molecule has 2 rings (SSSR count). The van der Waals surface area contributed by atoms with Crippen molar-refractivity contribution >= 4 is 23.3 Å². The summed E-state index contributed by atoms with van der Waals surface area (Å²) >= 11 is 0. The van der Waals surface area contributed by atoms with E-state index in [-0.39, 0.29) is 11.5 Å². The van der Waals surface area contributed by atoms with Crippen LogP contribution in [-0.2, 0) is 9.53 Å². The van der Waals surface area contributed by atoms with Gasteiger partial charge in [-0.2, -0.15) is 5.26 Å². The van der Waals surface area contributed by atoms with Crippen LogP contribution in [0.3, 0.4) is 0 Å². The van der Waals surface area contributed by atoms with E-state index in [1.54, 1.807) is 18.2 Å². The van der Waals surface area contributed by atoms with Crippen LogP contribution in [0.1, 0.15) is 22.8 Å². The van der Waals surface area contributed by atoms with E-state index in [9.17, 15) is 19.7 Å². The average Bonchev–Trinajstić information content (AvgIpc) is 2.72. The average molecular weight is 399 g/mol. The number of hydrogen-bond acceptors (Lipinski definition) is 8. The smallest absolute Gasteiger partial charge is 0.346 e. The van der Waals surface area contributed by atoms with Gasteiger partial charge in [0, 0.05) is 11.8 Å². The Hall–Kier alpha value is -4.13. The lowest BCUT2D eigenvalue weighted by Gasteiger charge is -2.15. The summed E-state index contributed by atoms with van der Waals surface area (Å²) in [5.74, 6) is -1.59. The summed E-state index contributed by atoms with van der Waals surface area (Å²) in [6.07, 6.45) is -1.26. The number of rotatable bonds is 7. The molecule has 150 valence electrons. The third-order valence-corrected chi connectivity index (χ3v) is 3.83. The van der Waals surface area contributed by atoms with Crippen molar-refractivity contribution in [3.05, 3.63) is 57.6 Å². The predicted octanol–water partition coefficient (Wildman–Crippen LogP) is 2.67. The lowest BCUT2D eigenvalue weighted by atomic mass is 10.1. The predicted molar refractivity (Wildman–Crippen MR) is 101 cm³/mol. The molecule has 0 fully saturated rings. The zero-order valence-electron chi connectivity index (χ0n) is 15.8. The number of carbonyl (C=O) groups is 2. The number of esters is 1. The second-order valence-electron chi connectivity index (χ2n) is 5.71. The molecule has 0 aliphatic carbocycles. The van der Waals surface area contributed by atoms with Gasteiger partial charge >= 0.3 is 5.97 Å². The second kappa shape index (κ2) is 9.18. The normalized spacial score (nSPS) is 11.0. The molecule has 29 heavy (non-hydrogen) atoms. The van der Waals surface area contributed by atoms with Crippen molar-refractivity contribution in [3.63, 3.8) is 0 Å². The number of methoxy groups -OCH3 is 2. The number of nitrogens with zero attached hydrogens (tertiary/aromatic N) is 2. The molecule has 0 radical (unpaired) electrons. The Bertz CT molecular complexity index is 998. The van der Waals surface area contributed by atoms with Crippen LogP contribution in [0, 0.1) is 21.4 Å². The molecule has 0 spiro atoms. The molecule has 2 aromatic rings. The first-order chi connectivity index (χ1) is 13.8. The highest BCUT2D eigenvalue weighted by Gasteiger charge is 2.28. The fourth-order valence-electron chi connectivity index (χ4n) is 2.37. The first-order valence-corrected chi connectivity index (χ1v) is 8.23. The van der Waals surface area contributed by atoms with Crippen molar-refractivity contribution in [2.24, 2.45) is 0 Å². The molecule has 0 bridgehead atoms. The van der Waals surface area contributed by atoms with Gasteiger partial charge in [0.2, 0.25) is 0 Å². The molecule has 10 nitrogen and oxygen atoms in total. The lowest BCUT2D eigenvalue weighted by molar-refractivity contribution is -0.385.